The van der Waals surface area contributed by atoms with Crippen molar-refractivity contribution in [1.29, 1.82) is 0 Å². The summed E-state index contributed by atoms with van der Waals surface area (Å²) in [6.07, 6.45) is 3.79. The predicted octanol–water partition coefficient (Wildman–Crippen LogP) is 1.53. The highest BCUT2D eigenvalue weighted by atomic mass is 16.6. The van der Waals surface area contributed by atoms with Gasteiger partial charge in [-0.3, -0.25) is 5.73 Å². The average Bonchev–Trinajstić information content (AvgIpc) is 2.38. The van der Waals surface area contributed by atoms with Gasteiger partial charge in [0.25, 0.3) is 0 Å². The SMILES string of the molecule is CC(C)(C)OC(=O)NCCCNCCCCNCCC[NH]. The van der Waals surface area contributed by atoms with Crippen molar-refractivity contribution in [3.05, 3.63) is 0 Å². The molecule has 1 amide bonds. The maximum atomic E-state index is 11.4. The Hall–Kier alpha value is -0.850. The van der Waals surface area contributed by atoms with Gasteiger partial charge in [-0.25, -0.2) is 4.79 Å². The molecule has 125 valence electrons. The zero-order valence-electron chi connectivity index (χ0n) is 13.9. The van der Waals surface area contributed by atoms with Crippen LogP contribution in [0.4, 0.5) is 4.79 Å². The fraction of sp³-hybridized carbons (Fsp3) is 0.933. The summed E-state index contributed by atoms with van der Waals surface area (Å²) in [5.74, 6) is 0. The number of unbranched alkanes of at least 4 members (excludes halogenated alkanes) is 1. The number of carbonyl (C=O) groups excluding carboxylic acids is 1. The fourth-order valence-corrected chi connectivity index (χ4v) is 1.68. The zero-order valence-corrected chi connectivity index (χ0v) is 13.9. The first-order chi connectivity index (χ1) is 9.95. The number of rotatable bonds is 12. The summed E-state index contributed by atoms with van der Waals surface area (Å²) in [6, 6.07) is 0. The normalized spacial score (nSPS) is 11.4. The summed E-state index contributed by atoms with van der Waals surface area (Å²) < 4.78 is 5.15. The molecular weight excluding hydrogens is 268 g/mol. The van der Waals surface area contributed by atoms with Crippen LogP contribution in [0, 0.1) is 0 Å². The van der Waals surface area contributed by atoms with Crippen molar-refractivity contribution in [3.8, 4) is 0 Å². The van der Waals surface area contributed by atoms with E-state index >= 15 is 0 Å². The lowest BCUT2D eigenvalue weighted by atomic mass is 10.2. The smallest absolute Gasteiger partial charge is 0.407 e. The van der Waals surface area contributed by atoms with Gasteiger partial charge in [0.15, 0.2) is 0 Å². The summed E-state index contributed by atoms with van der Waals surface area (Å²) in [5, 5.41) is 9.42. The van der Waals surface area contributed by atoms with Crippen molar-refractivity contribution in [2.75, 3.05) is 39.3 Å². The summed E-state index contributed by atoms with van der Waals surface area (Å²) in [4.78, 5) is 11.4. The van der Waals surface area contributed by atoms with Crippen LogP contribution in [0.3, 0.4) is 0 Å². The van der Waals surface area contributed by atoms with Crippen LogP contribution in [0.5, 0.6) is 0 Å². The van der Waals surface area contributed by atoms with E-state index in [1.54, 1.807) is 0 Å². The number of ether oxygens (including phenoxy) is 1. The monoisotopic (exact) mass is 301 g/mol. The lowest BCUT2D eigenvalue weighted by molar-refractivity contribution is 0.0527. The third-order valence-corrected chi connectivity index (χ3v) is 2.69. The highest BCUT2D eigenvalue weighted by Gasteiger charge is 2.15. The minimum atomic E-state index is -0.433. The summed E-state index contributed by atoms with van der Waals surface area (Å²) >= 11 is 0. The Labute approximate surface area is 129 Å². The van der Waals surface area contributed by atoms with Crippen LogP contribution in [0.1, 0.15) is 46.5 Å². The van der Waals surface area contributed by atoms with Gasteiger partial charge in [0, 0.05) is 13.1 Å². The van der Waals surface area contributed by atoms with E-state index in [1.165, 1.54) is 0 Å². The van der Waals surface area contributed by atoms with Crippen molar-refractivity contribution in [2.45, 2.75) is 52.1 Å². The molecule has 0 aromatic carbocycles. The fourth-order valence-electron chi connectivity index (χ4n) is 1.68. The van der Waals surface area contributed by atoms with Crippen molar-refractivity contribution in [1.82, 2.24) is 21.7 Å². The highest BCUT2D eigenvalue weighted by molar-refractivity contribution is 5.67. The van der Waals surface area contributed by atoms with E-state index in [2.05, 4.69) is 16.0 Å². The lowest BCUT2D eigenvalue weighted by Crippen LogP contribution is -2.34. The van der Waals surface area contributed by atoms with E-state index in [0.717, 1.165) is 51.9 Å². The molecule has 0 spiro atoms. The van der Waals surface area contributed by atoms with Crippen LogP contribution in [-0.4, -0.2) is 51.0 Å². The first-order valence-corrected chi connectivity index (χ1v) is 7.98. The lowest BCUT2D eigenvalue weighted by Gasteiger charge is -2.19. The molecule has 0 aromatic rings. The number of nitrogens with one attached hydrogen (secondary N) is 4. The topological polar surface area (TPSA) is 86.2 Å². The van der Waals surface area contributed by atoms with Gasteiger partial charge in [-0.05, 0) is 72.6 Å². The molecule has 0 aromatic heterocycles. The Morgan fingerprint density at radius 2 is 1.43 bits per heavy atom. The van der Waals surface area contributed by atoms with Crippen LogP contribution in [0.15, 0.2) is 0 Å². The van der Waals surface area contributed by atoms with E-state index in [4.69, 9.17) is 10.5 Å². The second-order valence-electron chi connectivity index (χ2n) is 6.09. The molecule has 0 aliphatic rings. The van der Waals surface area contributed by atoms with Crippen molar-refractivity contribution < 1.29 is 9.53 Å². The van der Waals surface area contributed by atoms with E-state index < -0.39 is 5.60 Å². The quantitative estimate of drug-likeness (QED) is 0.477. The molecule has 0 bridgehead atoms. The molecule has 21 heavy (non-hydrogen) atoms. The molecular formula is C15H33N4O2. The maximum absolute atomic E-state index is 11.4. The number of hydrogen-bond donors (Lipinski definition) is 3. The first-order valence-electron chi connectivity index (χ1n) is 7.98. The van der Waals surface area contributed by atoms with Gasteiger partial charge in [-0.1, -0.05) is 0 Å². The zero-order chi connectivity index (χ0) is 16.0. The summed E-state index contributed by atoms with van der Waals surface area (Å²) in [6.45, 7) is 10.6. The minimum absolute atomic E-state index is 0.346. The van der Waals surface area contributed by atoms with Crippen LogP contribution in [0.2, 0.25) is 0 Å². The molecule has 6 heteroatoms. The number of alkyl carbamates (subject to hydrolysis) is 1. The van der Waals surface area contributed by atoms with Gasteiger partial charge < -0.3 is 20.7 Å². The van der Waals surface area contributed by atoms with Crippen molar-refractivity contribution in [3.63, 3.8) is 0 Å². The van der Waals surface area contributed by atoms with E-state index in [9.17, 15) is 4.79 Å². The Morgan fingerprint density at radius 3 is 1.95 bits per heavy atom. The van der Waals surface area contributed by atoms with Gasteiger partial charge >= 0.3 is 6.09 Å². The molecule has 1 radical (unpaired) electrons. The van der Waals surface area contributed by atoms with Gasteiger partial charge in [0.1, 0.15) is 5.60 Å². The molecule has 6 nitrogen and oxygen atoms in total. The minimum Gasteiger partial charge on any atom is -0.444 e. The third-order valence-electron chi connectivity index (χ3n) is 2.69. The Balaban J connectivity index is 3.17. The third kappa shape index (κ3) is 17.1. The first kappa shape index (κ1) is 20.1. The van der Waals surface area contributed by atoms with Crippen LogP contribution < -0.4 is 21.7 Å². The van der Waals surface area contributed by atoms with E-state index in [0.29, 0.717) is 13.1 Å². The maximum Gasteiger partial charge on any atom is 0.407 e. The van der Waals surface area contributed by atoms with Gasteiger partial charge in [0.05, 0.1) is 0 Å². The molecule has 0 saturated carbocycles. The van der Waals surface area contributed by atoms with E-state index in [-0.39, 0.29) is 6.09 Å². The Kier molecular flexibility index (Phi) is 12.3. The van der Waals surface area contributed by atoms with Crippen LogP contribution in [0.25, 0.3) is 0 Å². The second kappa shape index (κ2) is 12.9. The predicted molar refractivity (Wildman–Crippen MR) is 86.4 cm³/mol. The van der Waals surface area contributed by atoms with Crippen molar-refractivity contribution >= 4 is 6.09 Å². The molecule has 0 aliphatic carbocycles. The standard InChI is InChI=1S/C15H33N4O2/c1-15(2,3)21-14(20)19-13-7-12-18-10-5-4-9-17-11-6-8-16/h16-18H,4-13H2,1-3H3,(H,19,20). The molecule has 4 N–H and O–H groups in total. The Bertz CT molecular complexity index is 255. The molecule has 0 saturated heterocycles. The molecule has 0 rings (SSSR count). The van der Waals surface area contributed by atoms with Crippen molar-refractivity contribution in [2.24, 2.45) is 0 Å². The van der Waals surface area contributed by atoms with Gasteiger partial charge in [-0.2, -0.15) is 0 Å². The highest BCUT2D eigenvalue weighted by Crippen LogP contribution is 2.06. The van der Waals surface area contributed by atoms with Gasteiger partial charge in [0.2, 0.25) is 0 Å². The average molecular weight is 301 g/mol. The number of hydrogen-bond acceptors (Lipinski definition) is 4. The molecule has 0 heterocycles. The summed E-state index contributed by atoms with van der Waals surface area (Å²) in [5.41, 5.74) is 6.58. The summed E-state index contributed by atoms with van der Waals surface area (Å²) in [7, 11) is 0. The molecule has 0 atom stereocenters. The van der Waals surface area contributed by atoms with Crippen LogP contribution >= 0.6 is 0 Å². The Morgan fingerprint density at radius 1 is 0.905 bits per heavy atom. The van der Waals surface area contributed by atoms with E-state index in [1.807, 2.05) is 20.8 Å². The van der Waals surface area contributed by atoms with Gasteiger partial charge in [-0.15, -0.1) is 0 Å². The second-order valence-corrected chi connectivity index (χ2v) is 6.09. The number of carbonyl (C=O) groups is 1. The molecule has 0 unspecified atom stereocenters. The number of amides is 1. The van der Waals surface area contributed by atoms with Crippen LogP contribution in [-0.2, 0) is 4.74 Å². The largest absolute Gasteiger partial charge is 0.444 e. The molecule has 0 fully saturated rings. The molecule has 0 aliphatic heterocycles.